The molecule has 0 bridgehead atoms. The van der Waals surface area contributed by atoms with Crippen LogP contribution in [0.1, 0.15) is 41.5 Å². The Hall–Kier alpha value is -4.57. The van der Waals surface area contributed by atoms with Gasteiger partial charge < -0.3 is 25.2 Å². The van der Waals surface area contributed by atoms with E-state index in [1.807, 2.05) is 44.2 Å². The van der Waals surface area contributed by atoms with Crippen LogP contribution in [0.15, 0.2) is 78.2 Å². The Labute approximate surface area is 214 Å². The van der Waals surface area contributed by atoms with E-state index >= 15 is 0 Å². The van der Waals surface area contributed by atoms with E-state index < -0.39 is 5.54 Å². The Morgan fingerprint density at radius 3 is 2.65 bits per heavy atom. The van der Waals surface area contributed by atoms with Gasteiger partial charge in [0, 0.05) is 18.8 Å². The minimum atomic E-state index is -0.579. The van der Waals surface area contributed by atoms with Crippen LogP contribution < -0.4 is 10.6 Å². The number of benzene rings is 1. The molecule has 0 spiro atoms. The molecular weight excluding hydrogens is 470 g/mol. The number of nitrogens with zero attached hydrogens (tertiary/aromatic N) is 5. The zero-order chi connectivity index (χ0) is 26.0. The fourth-order valence-electron chi connectivity index (χ4n) is 4.48. The number of pyridine rings is 2. The van der Waals surface area contributed by atoms with Gasteiger partial charge in [0.15, 0.2) is 6.33 Å². The molecule has 4 heterocycles. The number of anilines is 3. The predicted octanol–water partition coefficient (Wildman–Crippen LogP) is 4.29. The van der Waals surface area contributed by atoms with Gasteiger partial charge in [-0.05, 0) is 31.5 Å². The van der Waals surface area contributed by atoms with Crippen molar-refractivity contribution < 1.29 is 14.4 Å². The molecule has 1 aromatic carbocycles. The van der Waals surface area contributed by atoms with E-state index in [-0.39, 0.29) is 18.6 Å². The molecular formula is C27H27N7O3. The van der Waals surface area contributed by atoms with Crippen LogP contribution in [-0.2, 0) is 5.54 Å². The second-order valence-corrected chi connectivity index (χ2v) is 9.13. The Morgan fingerprint density at radius 2 is 1.95 bits per heavy atom. The molecule has 4 aromatic rings. The van der Waals surface area contributed by atoms with E-state index in [1.165, 1.54) is 6.33 Å². The summed E-state index contributed by atoms with van der Waals surface area (Å²) in [6.07, 6.45) is 4.65. The second kappa shape index (κ2) is 9.82. The van der Waals surface area contributed by atoms with Gasteiger partial charge in [-0.2, -0.15) is 4.98 Å². The fourth-order valence-corrected chi connectivity index (χ4v) is 4.48. The summed E-state index contributed by atoms with van der Waals surface area (Å²) in [7, 11) is 0. The number of fused-ring (bicyclic) bond motifs is 1. The van der Waals surface area contributed by atoms with Crippen LogP contribution in [0.4, 0.5) is 17.3 Å². The first-order valence-electron chi connectivity index (χ1n) is 11.8. The first-order valence-corrected chi connectivity index (χ1v) is 11.8. The largest absolute Gasteiger partial charge is 0.394 e. The minimum absolute atomic E-state index is 0.0663. The summed E-state index contributed by atoms with van der Waals surface area (Å²) in [5.41, 5.74) is 2.83. The van der Waals surface area contributed by atoms with Gasteiger partial charge in [-0.1, -0.05) is 41.6 Å². The Bertz CT molecular complexity index is 1420. The van der Waals surface area contributed by atoms with Gasteiger partial charge in [-0.3, -0.25) is 4.79 Å². The number of amides is 1. The smallest absolute Gasteiger partial charge is 0.261 e. The normalized spacial score (nSPS) is 14.8. The van der Waals surface area contributed by atoms with Crippen LogP contribution in [0.2, 0.25) is 0 Å². The lowest BCUT2D eigenvalue weighted by Crippen LogP contribution is -2.39. The summed E-state index contributed by atoms with van der Waals surface area (Å²) in [5, 5.41) is 20.4. The van der Waals surface area contributed by atoms with Crippen molar-refractivity contribution in [2.45, 2.75) is 25.4 Å². The third-order valence-electron chi connectivity index (χ3n) is 6.40. The molecule has 3 aromatic heterocycles. The highest BCUT2D eigenvalue weighted by Gasteiger charge is 2.43. The molecule has 0 fully saturated rings. The van der Waals surface area contributed by atoms with E-state index in [9.17, 15) is 9.90 Å². The number of carbonyl (C=O) groups excluding carboxylic acids is 1. The van der Waals surface area contributed by atoms with E-state index in [1.54, 1.807) is 35.4 Å². The van der Waals surface area contributed by atoms with Gasteiger partial charge in [-0.25, -0.2) is 9.97 Å². The van der Waals surface area contributed by atoms with Crippen molar-refractivity contribution in [3.63, 3.8) is 0 Å². The fraction of sp³-hybridized carbons (Fsp3) is 0.222. The van der Waals surface area contributed by atoms with Gasteiger partial charge in [-0.15, -0.1) is 6.58 Å². The first-order chi connectivity index (χ1) is 17.9. The Balaban J connectivity index is 1.47. The lowest BCUT2D eigenvalue weighted by atomic mass is 9.99. The quantitative estimate of drug-likeness (QED) is 0.290. The number of aromatic nitrogens is 4. The third kappa shape index (κ3) is 4.54. The average molecular weight is 498 g/mol. The van der Waals surface area contributed by atoms with Crippen LogP contribution in [0, 0.1) is 0 Å². The molecule has 1 amide bonds. The molecule has 0 saturated carbocycles. The summed E-state index contributed by atoms with van der Waals surface area (Å²) in [5.74, 6) is 1.28. The number of nitrogens with one attached hydrogen (secondary N) is 2. The number of hydrogen-bond acceptors (Lipinski definition) is 9. The topological polar surface area (TPSA) is 129 Å². The van der Waals surface area contributed by atoms with Gasteiger partial charge in [0.25, 0.3) is 11.8 Å². The summed E-state index contributed by atoms with van der Waals surface area (Å²) < 4.78 is 5.27. The molecule has 3 N–H and O–H groups in total. The summed E-state index contributed by atoms with van der Waals surface area (Å²) >= 11 is 0. The zero-order valence-corrected chi connectivity index (χ0v) is 20.5. The minimum Gasteiger partial charge on any atom is -0.394 e. The molecule has 10 nitrogen and oxygen atoms in total. The maximum absolute atomic E-state index is 12.9. The maximum Gasteiger partial charge on any atom is 0.261 e. The Kier molecular flexibility index (Phi) is 6.41. The van der Waals surface area contributed by atoms with Crippen molar-refractivity contribution in [1.29, 1.82) is 0 Å². The van der Waals surface area contributed by atoms with Crippen molar-refractivity contribution in [2.24, 2.45) is 0 Å². The maximum atomic E-state index is 12.9. The standard InChI is InChI=1S/C27H27N7O3/c1-4-12-34-26(36)18-10-11-22(33-24(18)27(34,2)3)32-23-13-20(19(14-28-23)25-29-16-30-37-25)31-21(15-35)17-8-6-5-7-9-17/h4-11,13-14,16,21,35H,1,12,15H2,2-3H3,(H2,28,31,32,33)/t21-/m1/s1. The molecule has 0 radical (unpaired) electrons. The van der Waals surface area contributed by atoms with Crippen LogP contribution in [0.5, 0.6) is 0 Å². The van der Waals surface area contributed by atoms with Crippen molar-refractivity contribution in [2.75, 3.05) is 23.8 Å². The molecule has 1 aliphatic heterocycles. The number of hydrogen-bond donors (Lipinski definition) is 3. The third-order valence-corrected chi connectivity index (χ3v) is 6.40. The van der Waals surface area contributed by atoms with Crippen molar-refractivity contribution in [3.05, 3.63) is 90.5 Å². The van der Waals surface area contributed by atoms with Crippen LogP contribution in [-0.4, -0.2) is 49.2 Å². The van der Waals surface area contributed by atoms with E-state index in [4.69, 9.17) is 9.51 Å². The highest BCUT2D eigenvalue weighted by Crippen LogP contribution is 2.38. The monoisotopic (exact) mass is 497 g/mol. The molecule has 1 aliphatic rings. The van der Waals surface area contributed by atoms with E-state index in [2.05, 4.69) is 32.3 Å². The van der Waals surface area contributed by atoms with Crippen LogP contribution >= 0.6 is 0 Å². The molecule has 0 unspecified atom stereocenters. The number of aliphatic hydroxyl groups excluding tert-OH is 1. The lowest BCUT2D eigenvalue weighted by molar-refractivity contribution is 0.0649. The zero-order valence-electron chi connectivity index (χ0n) is 20.5. The highest BCUT2D eigenvalue weighted by molar-refractivity contribution is 5.99. The lowest BCUT2D eigenvalue weighted by Gasteiger charge is -2.30. The van der Waals surface area contributed by atoms with Gasteiger partial charge in [0.05, 0.1) is 40.7 Å². The molecule has 37 heavy (non-hydrogen) atoms. The number of rotatable bonds is 9. The molecule has 188 valence electrons. The molecule has 5 rings (SSSR count). The van der Waals surface area contributed by atoms with Crippen LogP contribution in [0.25, 0.3) is 11.5 Å². The second-order valence-electron chi connectivity index (χ2n) is 9.13. The highest BCUT2D eigenvalue weighted by atomic mass is 16.5. The van der Waals surface area contributed by atoms with E-state index in [0.29, 0.717) is 46.6 Å². The summed E-state index contributed by atoms with van der Waals surface area (Å²) in [6, 6.07) is 14.6. The molecule has 1 atom stereocenters. The van der Waals surface area contributed by atoms with Gasteiger partial charge in [0.2, 0.25) is 0 Å². The molecule has 0 aliphatic carbocycles. The average Bonchev–Trinajstić information content (AvgIpc) is 3.50. The SMILES string of the molecule is C=CCN1C(=O)c2ccc(Nc3cc(N[C@H](CO)c4ccccc4)c(-c4ncno4)cn3)nc2C1(C)C. The summed E-state index contributed by atoms with van der Waals surface area (Å²) in [6.45, 7) is 8.01. The van der Waals surface area contributed by atoms with E-state index in [0.717, 1.165) is 5.56 Å². The first kappa shape index (κ1) is 24.1. The van der Waals surface area contributed by atoms with Crippen molar-refractivity contribution >= 4 is 23.2 Å². The Morgan fingerprint density at radius 1 is 1.14 bits per heavy atom. The van der Waals surface area contributed by atoms with Gasteiger partial charge >= 0.3 is 0 Å². The molecule has 10 heteroatoms. The molecule has 0 saturated heterocycles. The van der Waals surface area contributed by atoms with Crippen molar-refractivity contribution in [1.82, 2.24) is 25.0 Å². The summed E-state index contributed by atoms with van der Waals surface area (Å²) in [4.78, 5) is 28.1. The number of carbonyl (C=O) groups is 1. The van der Waals surface area contributed by atoms with Gasteiger partial charge in [0.1, 0.15) is 11.6 Å². The van der Waals surface area contributed by atoms with Crippen molar-refractivity contribution in [3.8, 4) is 11.5 Å². The number of aliphatic hydroxyl groups is 1. The van der Waals surface area contributed by atoms with Crippen LogP contribution in [0.3, 0.4) is 0 Å². The predicted molar refractivity (Wildman–Crippen MR) is 139 cm³/mol.